The molecule has 3 atom stereocenters. The highest BCUT2D eigenvalue weighted by Crippen LogP contribution is 2.29. The lowest BCUT2D eigenvalue weighted by molar-refractivity contribution is -0.146. The molecule has 0 spiro atoms. The molecule has 1 aromatic carbocycles. The summed E-state index contributed by atoms with van der Waals surface area (Å²) in [6.45, 7) is 12.0. The maximum atomic E-state index is 14.1. The van der Waals surface area contributed by atoms with Gasteiger partial charge in [-0.1, -0.05) is 30.7 Å². The van der Waals surface area contributed by atoms with Crippen LogP contribution in [0.5, 0.6) is 0 Å². The Balaban J connectivity index is 3.62. The van der Waals surface area contributed by atoms with Crippen molar-refractivity contribution in [1.82, 2.24) is 15.5 Å². The summed E-state index contributed by atoms with van der Waals surface area (Å²) in [6.07, 6.45) is -0.637. The number of alkyl carbamates (subject to hydrolysis) is 1. The summed E-state index contributed by atoms with van der Waals surface area (Å²) in [5.41, 5.74) is 6.69. The number of esters is 1. The van der Waals surface area contributed by atoms with Crippen molar-refractivity contribution in [3.63, 3.8) is 0 Å². The quantitative estimate of drug-likeness (QED) is 0.348. The Morgan fingerprint density at radius 3 is 2.26 bits per heavy atom. The third kappa shape index (κ3) is 10.0. The molecule has 0 aliphatic heterocycles. The minimum atomic E-state index is -1.20. The van der Waals surface area contributed by atoms with Gasteiger partial charge in [0.1, 0.15) is 24.2 Å². The van der Waals surface area contributed by atoms with Crippen molar-refractivity contribution >= 4 is 29.8 Å². The molecule has 1 aromatic rings. The van der Waals surface area contributed by atoms with Crippen LogP contribution in [0.1, 0.15) is 76.6 Å². The zero-order chi connectivity index (χ0) is 29.2. The highest BCUT2D eigenvalue weighted by Gasteiger charge is 2.39. The molecule has 4 N–H and O–H groups in total. The van der Waals surface area contributed by atoms with Crippen molar-refractivity contribution in [2.75, 3.05) is 13.7 Å². The largest absolute Gasteiger partial charge is 0.468 e. The van der Waals surface area contributed by atoms with Crippen LogP contribution in [0.4, 0.5) is 4.79 Å². The summed E-state index contributed by atoms with van der Waals surface area (Å²) >= 11 is 0. The molecule has 0 saturated carbocycles. The molecular weight excluding hydrogens is 492 g/mol. The lowest BCUT2D eigenvalue weighted by Gasteiger charge is -2.38. The van der Waals surface area contributed by atoms with E-state index in [-0.39, 0.29) is 19.4 Å². The topological polar surface area (TPSA) is 157 Å². The molecule has 11 heteroatoms. The number of benzene rings is 1. The molecule has 4 amide bonds. The molecule has 0 bridgehead atoms. The number of carbonyl (C=O) groups excluding carboxylic acids is 5. The van der Waals surface area contributed by atoms with Gasteiger partial charge in [0.2, 0.25) is 17.7 Å². The minimum absolute atomic E-state index is 0.0936. The summed E-state index contributed by atoms with van der Waals surface area (Å²) in [4.78, 5) is 65.0. The Labute approximate surface area is 224 Å². The minimum Gasteiger partial charge on any atom is -0.468 e. The first-order valence-corrected chi connectivity index (χ1v) is 12.6. The fourth-order valence-corrected chi connectivity index (χ4v) is 3.77. The van der Waals surface area contributed by atoms with E-state index < -0.39 is 53.5 Å². The number of nitrogens with two attached hydrogens (primary N) is 1. The van der Waals surface area contributed by atoms with Crippen LogP contribution in [-0.2, 0) is 28.7 Å². The number of nitrogens with zero attached hydrogens (tertiary/aromatic N) is 1. The fraction of sp³-hybridized carbons (Fsp3) is 0.593. The number of hydrogen-bond donors (Lipinski definition) is 3. The number of rotatable bonds is 12. The van der Waals surface area contributed by atoms with Gasteiger partial charge in [0.05, 0.1) is 7.11 Å². The Morgan fingerprint density at radius 2 is 1.74 bits per heavy atom. The first-order chi connectivity index (χ1) is 17.6. The molecule has 38 heavy (non-hydrogen) atoms. The van der Waals surface area contributed by atoms with Gasteiger partial charge in [-0.2, -0.15) is 0 Å². The summed E-state index contributed by atoms with van der Waals surface area (Å²) in [6, 6.07) is 2.73. The second-order valence-corrected chi connectivity index (χ2v) is 10.3. The summed E-state index contributed by atoms with van der Waals surface area (Å²) in [7, 11) is 1.21. The van der Waals surface area contributed by atoms with Crippen LogP contribution >= 0.6 is 0 Å². The Bertz CT molecular complexity index is 1020. The molecule has 0 aliphatic rings. The number of primary amides is 1. The second kappa shape index (κ2) is 14.3. The standard InChI is InChI=1S/C27H42N4O7/c1-9-18(4)31(25(35)20(12-13-21(28)32)30-26(36)38-27(5,6)7)23(24(34)29-15-22(33)37-8)19-14-16(2)10-11-17(19)3/h10-11,14,18,20,23H,9,12-13,15H2,1-8H3,(H2,28,32)(H,29,34)(H,30,36). The van der Waals surface area contributed by atoms with Crippen LogP contribution in [0.3, 0.4) is 0 Å². The Morgan fingerprint density at radius 1 is 1.11 bits per heavy atom. The van der Waals surface area contributed by atoms with Crippen molar-refractivity contribution in [3.8, 4) is 0 Å². The molecule has 0 heterocycles. The third-order valence-corrected chi connectivity index (χ3v) is 5.88. The number of amides is 4. The number of ether oxygens (including phenoxy) is 2. The highest BCUT2D eigenvalue weighted by molar-refractivity contribution is 5.94. The summed E-state index contributed by atoms with van der Waals surface area (Å²) < 4.78 is 9.97. The zero-order valence-corrected chi connectivity index (χ0v) is 23.7. The predicted molar refractivity (Wildman–Crippen MR) is 142 cm³/mol. The van der Waals surface area contributed by atoms with Gasteiger partial charge in [-0.05, 0) is 65.5 Å². The third-order valence-electron chi connectivity index (χ3n) is 5.88. The van der Waals surface area contributed by atoms with Gasteiger partial charge in [-0.25, -0.2) is 4.79 Å². The van der Waals surface area contributed by atoms with Crippen molar-refractivity contribution in [2.24, 2.45) is 5.73 Å². The molecular formula is C27H42N4O7. The molecule has 1 rings (SSSR count). The van der Waals surface area contributed by atoms with Crippen molar-refractivity contribution in [1.29, 1.82) is 0 Å². The predicted octanol–water partition coefficient (Wildman–Crippen LogP) is 2.42. The maximum absolute atomic E-state index is 14.1. The highest BCUT2D eigenvalue weighted by atomic mass is 16.6. The van der Waals surface area contributed by atoms with E-state index in [1.807, 2.05) is 32.9 Å². The van der Waals surface area contributed by atoms with Crippen LogP contribution in [0.15, 0.2) is 18.2 Å². The van der Waals surface area contributed by atoms with Crippen molar-refractivity contribution < 1.29 is 33.4 Å². The van der Waals surface area contributed by atoms with Gasteiger partial charge < -0.3 is 30.7 Å². The van der Waals surface area contributed by atoms with Crippen LogP contribution in [-0.4, -0.2) is 66.0 Å². The lowest BCUT2D eigenvalue weighted by Crippen LogP contribution is -2.56. The Hall–Kier alpha value is -3.63. The first kappa shape index (κ1) is 32.4. The molecule has 212 valence electrons. The number of nitrogens with one attached hydrogen (secondary N) is 2. The Kier molecular flexibility index (Phi) is 12.2. The molecule has 11 nitrogen and oxygen atoms in total. The van der Waals surface area contributed by atoms with E-state index >= 15 is 0 Å². The normalized spacial score (nSPS) is 13.5. The van der Waals surface area contributed by atoms with E-state index in [0.717, 1.165) is 11.1 Å². The number of hydrogen-bond acceptors (Lipinski definition) is 7. The number of aryl methyl sites for hydroxylation is 2. The molecule has 0 aromatic heterocycles. The van der Waals surface area contributed by atoms with Gasteiger partial charge in [-0.3, -0.25) is 19.2 Å². The smallest absolute Gasteiger partial charge is 0.408 e. The van der Waals surface area contributed by atoms with Crippen LogP contribution < -0.4 is 16.4 Å². The van der Waals surface area contributed by atoms with E-state index in [9.17, 15) is 24.0 Å². The van der Waals surface area contributed by atoms with E-state index in [2.05, 4.69) is 15.4 Å². The van der Waals surface area contributed by atoms with Gasteiger partial charge in [0.15, 0.2) is 0 Å². The SMILES string of the molecule is CCC(C)N(C(=O)C(CCC(N)=O)NC(=O)OC(C)(C)C)C(C(=O)NCC(=O)OC)c1cc(C)ccc1C. The van der Waals surface area contributed by atoms with Gasteiger partial charge in [0.25, 0.3) is 0 Å². The maximum Gasteiger partial charge on any atom is 0.408 e. The van der Waals surface area contributed by atoms with Crippen LogP contribution in [0.2, 0.25) is 0 Å². The fourth-order valence-electron chi connectivity index (χ4n) is 3.77. The summed E-state index contributed by atoms with van der Waals surface area (Å²) in [5, 5.41) is 5.11. The molecule has 0 aliphatic carbocycles. The van der Waals surface area contributed by atoms with Crippen molar-refractivity contribution in [2.45, 2.75) is 91.5 Å². The molecule has 0 fully saturated rings. The molecule has 0 saturated heterocycles. The lowest BCUT2D eigenvalue weighted by atomic mass is 9.94. The first-order valence-electron chi connectivity index (χ1n) is 12.6. The van der Waals surface area contributed by atoms with E-state index in [0.29, 0.717) is 12.0 Å². The van der Waals surface area contributed by atoms with Gasteiger partial charge >= 0.3 is 12.1 Å². The van der Waals surface area contributed by atoms with E-state index in [1.54, 1.807) is 33.8 Å². The van der Waals surface area contributed by atoms with Gasteiger partial charge in [0, 0.05) is 12.5 Å². The van der Waals surface area contributed by atoms with Crippen LogP contribution in [0.25, 0.3) is 0 Å². The second-order valence-electron chi connectivity index (χ2n) is 10.3. The molecule has 0 radical (unpaired) electrons. The monoisotopic (exact) mass is 534 g/mol. The van der Waals surface area contributed by atoms with Crippen LogP contribution in [0, 0.1) is 13.8 Å². The van der Waals surface area contributed by atoms with Crippen molar-refractivity contribution in [3.05, 3.63) is 34.9 Å². The molecule has 3 unspecified atom stereocenters. The zero-order valence-electron chi connectivity index (χ0n) is 23.7. The average molecular weight is 535 g/mol. The average Bonchev–Trinajstić information content (AvgIpc) is 2.82. The van der Waals surface area contributed by atoms with E-state index in [1.165, 1.54) is 12.0 Å². The van der Waals surface area contributed by atoms with Gasteiger partial charge in [-0.15, -0.1) is 0 Å². The van der Waals surface area contributed by atoms with E-state index in [4.69, 9.17) is 10.5 Å². The number of methoxy groups -OCH3 is 1. The number of carbonyl (C=O) groups is 5. The summed E-state index contributed by atoms with van der Waals surface area (Å²) in [5.74, 6) is -2.48.